The van der Waals surface area contributed by atoms with Crippen molar-refractivity contribution in [3.8, 4) is 0 Å². The van der Waals surface area contributed by atoms with Crippen LogP contribution in [0.4, 0.5) is 4.39 Å². The van der Waals surface area contributed by atoms with Gasteiger partial charge < -0.3 is 4.98 Å². The molecule has 12 heavy (non-hydrogen) atoms. The number of aromatic amines is 1. The van der Waals surface area contributed by atoms with Crippen LogP contribution in [0.2, 0.25) is 5.02 Å². The molecule has 0 spiro atoms. The first-order valence-corrected chi connectivity index (χ1v) is 4.75. The van der Waals surface area contributed by atoms with Gasteiger partial charge >= 0.3 is 0 Å². The second-order valence-corrected chi connectivity index (χ2v) is 4.40. The van der Waals surface area contributed by atoms with Crippen LogP contribution in [0.5, 0.6) is 0 Å². The summed E-state index contributed by atoms with van der Waals surface area (Å²) in [6.07, 6.45) is 0. The molecule has 1 N–H and O–H groups in total. The molecule has 5 heteroatoms. The number of H-pyrrole nitrogens is 1. The Labute approximate surface area is 81.8 Å². The van der Waals surface area contributed by atoms with Crippen molar-refractivity contribution in [3.05, 3.63) is 26.9 Å². The van der Waals surface area contributed by atoms with E-state index in [1.165, 1.54) is 23.5 Å². The Balaban J connectivity index is 2.97. The van der Waals surface area contributed by atoms with Gasteiger partial charge in [0.1, 0.15) is 5.82 Å². The minimum absolute atomic E-state index is 0.335. The number of fused-ring (bicyclic) bond motifs is 1. The molecule has 0 saturated carbocycles. The van der Waals surface area contributed by atoms with E-state index in [4.69, 9.17) is 23.8 Å². The topological polar surface area (TPSA) is 15.8 Å². The quantitative estimate of drug-likeness (QED) is 0.668. The maximum atomic E-state index is 12.8. The molecule has 0 aliphatic heterocycles. The third-order valence-corrected chi connectivity index (χ3v) is 2.93. The number of aromatic nitrogens is 1. The summed E-state index contributed by atoms with van der Waals surface area (Å²) in [5.41, 5.74) is 0.716. The zero-order valence-electron chi connectivity index (χ0n) is 5.73. The molecule has 0 radical (unpaired) electrons. The molecule has 1 aromatic heterocycles. The highest BCUT2D eigenvalue weighted by Crippen LogP contribution is 2.27. The minimum Gasteiger partial charge on any atom is -0.336 e. The zero-order chi connectivity index (χ0) is 8.72. The molecule has 0 bridgehead atoms. The van der Waals surface area contributed by atoms with E-state index in [-0.39, 0.29) is 5.82 Å². The Hall–Kier alpha value is -0.450. The van der Waals surface area contributed by atoms with Crippen molar-refractivity contribution in [2.24, 2.45) is 0 Å². The monoisotopic (exact) mass is 219 g/mol. The van der Waals surface area contributed by atoms with Crippen LogP contribution in [0.3, 0.4) is 0 Å². The predicted molar refractivity (Wildman–Crippen MR) is 52.0 cm³/mol. The van der Waals surface area contributed by atoms with Crippen LogP contribution >= 0.6 is 35.2 Å². The summed E-state index contributed by atoms with van der Waals surface area (Å²) in [5, 5.41) is 0.373. The highest BCUT2D eigenvalue weighted by atomic mass is 35.5. The van der Waals surface area contributed by atoms with E-state index in [1.54, 1.807) is 0 Å². The van der Waals surface area contributed by atoms with Crippen molar-refractivity contribution in [3.63, 3.8) is 0 Å². The average molecular weight is 220 g/mol. The van der Waals surface area contributed by atoms with Crippen molar-refractivity contribution in [1.29, 1.82) is 0 Å². The summed E-state index contributed by atoms with van der Waals surface area (Å²) in [7, 11) is 0. The summed E-state index contributed by atoms with van der Waals surface area (Å²) in [6.45, 7) is 0. The average Bonchev–Trinajstić information content (AvgIpc) is 2.29. The molecule has 1 heterocycles. The van der Waals surface area contributed by atoms with Crippen molar-refractivity contribution < 1.29 is 4.39 Å². The first kappa shape index (κ1) is 8.16. The Morgan fingerprint density at radius 1 is 1.50 bits per heavy atom. The molecule has 62 valence electrons. The fourth-order valence-electron chi connectivity index (χ4n) is 0.979. The van der Waals surface area contributed by atoms with E-state index in [0.29, 0.717) is 14.5 Å². The summed E-state index contributed by atoms with van der Waals surface area (Å²) in [5.74, 6) is -0.335. The number of halogens is 2. The molecular weight excluding hydrogens is 217 g/mol. The Morgan fingerprint density at radius 3 is 3.00 bits per heavy atom. The van der Waals surface area contributed by atoms with Gasteiger partial charge in [0.05, 0.1) is 15.2 Å². The molecule has 0 aliphatic carbocycles. The van der Waals surface area contributed by atoms with Gasteiger partial charge in [-0.3, -0.25) is 0 Å². The number of thiazole rings is 1. The van der Waals surface area contributed by atoms with Crippen LogP contribution in [0.1, 0.15) is 0 Å². The fourth-order valence-corrected chi connectivity index (χ4v) is 2.45. The molecule has 1 nitrogen and oxygen atoms in total. The maximum absolute atomic E-state index is 12.8. The lowest BCUT2D eigenvalue weighted by Gasteiger charge is -1.92. The molecule has 0 saturated heterocycles. The summed E-state index contributed by atoms with van der Waals surface area (Å²) in [4.78, 5) is 2.89. The van der Waals surface area contributed by atoms with Gasteiger partial charge in [-0.1, -0.05) is 11.6 Å². The number of hydrogen-bond donors (Lipinski definition) is 1. The normalized spacial score (nSPS) is 10.8. The molecule has 2 rings (SSSR count). The van der Waals surface area contributed by atoms with E-state index in [1.807, 2.05) is 0 Å². The second kappa shape index (κ2) is 2.80. The van der Waals surface area contributed by atoms with Gasteiger partial charge in [-0.05, 0) is 24.4 Å². The van der Waals surface area contributed by atoms with Gasteiger partial charge in [0.15, 0.2) is 3.95 Å². The van der Waals surface area contributed by atoms with Gasteiger partial charge in [0, 0.05) is 0 Å². The summed E-state index contributed by atoms with van der Waals surface area (Å²) < 4.78 is 14.1. The van der Waals surface area contributed by atoms with Crippen molar-refractivity contribution in [1.82, 2.24) is 4.98 Å². The molecular formula is C7H3ClFNS2. The molecule has 0 atom stereocenters. The Bertz CT molecular complexity index is 488. The van der Waals surface area contributed by atoms with E-state index in [2.05, 4.69) is 4.98 Å². The molecule has 1 aromatic carbocycles. The van der Waals surface area contributed by atoms with Gasteiger partial charge in [-0.15, -0.1) is 11.3 Å². The highest BCUT2D eigenvalue weighted by Gasteiger charge is 2.03. The standard InChI is InChI=1S/C7H3ClFNS2/c8-4-1-3(9)2-5-6(4)10-7(11)12-5/h1-2H,(H,10,11). The summed E-state index contributed by atoms with van der Waals surface area (Å²) >= 11 is 12.0. The van der Waals surface area contributed by atoms with Crippen LogP contribution < -0.4 is 0 Å². The smallest absolute Gasteiger partial charge is 0.159 e. The molecule has 0 amide bonds. The lowest BCUT2D eigenvalue weighted by molar-refractivity contribution is 0.630. The van der Waals surface area contributed by atoms with Crippen LogP contribution in [0.15, 0.2) is 12.1 Å². The Morgan fingerprint density at radius 2 is 2.25 bits per heavy atom. The van der Waals surface area contributed by atoms with Gasteiger partial charge in [0.2, 0.25) is 0 Å². The lowest BCUT2D eigenvalue weighted by atomic mass is 10.3. The van der Waals surface area contributed by atoms with E-state index in [0.717, 1.165) is 4.70 Å². The predicted octanol–water partition coefficient (Wildman–Crippen LogP) is 3.75. The molecule has 0 unspecified atom stereocenters. The number of benzene rings is 1. The third-order valence-electron chi connectivity index (χ3n) is 1.45. The summed E-state index contributed by atoms with van der Waals surface area (Å²) in [6, 6.07) is 2.68. The zero-order valence-corrected chi connectivity index (χ0v) is 8.12. The first-order chi connectivity index (χ1) is 5.66. The largest absolute Gasteiger partial charge is 0.336 e. The minimum atomic E-state index is -0.335. The van der Waals surface area contributed by atoms with Crippen molar-refractivity contribution >= 4 is 45.4 Å². The molecule has 0 fully saturated rings. The third kappa shape index (κ3) is 1.26. The Kier molecular flexibility index (Phi) is 1.90. The van der Waals surface area contributed by atoms with Gasteiger partial charge in [0.25, 0.3) is 0 Å². The highest BCUT2D eigenvalue weighted by molar-refractivity contribution is 7.73. The fraction of sp³-hybridized carbons (Fsp3) is 0. The van der Waals surface area contributed by atoms with E-state index in [9.17, 15) is 4.39 Å². The molecule has 0 aliphatic rings. The van der Waals surface area contributed by atoms with Crippen LogP contribution in [-0.2, 0) is 0 Å². The first-order valence-electron chi connectivity index (χ1n) is 3.15. The second-order valence-electron chi connectivity index (χ2n) is 2.28. The SMILES string of the molecule is Fc1cc(Cl)c2[nH]c(=S)sc2c1. The number of nitrogens with one attached hydrogen (secondary N) is 1. The van der Waals surface area contributed by atoms with E-state index < -0.39 is 0 Å². The van der Waals surface area contributed by atoms with E-state index >= 15 is 0 Å². The van der Waals surface area contributed by atoms with Crippen molar-refractivity contribution in [2.45, 2.75) is 0 Å². The number of hydrogen-bond acceptors (Lipinski definition) is 2. The van der Waals surface area contributed by atoms with Gasteiger partial charge in [-0.2, -0.15) is 0 Å². The number of rotatable bonds is 0. The van der Waals surface area contributed by atoms with Crippen LogP contribution in [-0.4, -0.2) is 4.98 Å². The van der Waals surface area contributed by atoms with Gasteiger partial charge in [-0.25, -0.2) is 4.39 Å². The van der Waals surface area contributed by atoms with Crippen molar-refractivity contribution in [2.75, 3.05) is 0 Å². The van der Waals surface area contributed by atoms with Crippen LogP contribution in [0.25, 0.3) is 10.2 Å². The molecule has 2 aromatic rings. The lowest BCUT2D eigenvalue weighted by Crippen LogP contribution is -1.74. The maximum Gasteiger partial charge on any atom is 0.159 e. The van der Waals surface area contributed by atoms with Crippen LogP contribution in [0, 0.1) is 9.77 Å².